The van der Waals surface area contributed by atoms with Gasteiger partial charge in [-0.2, -0.15) is 0 Å². The second-order valence-corrected chi connectivity index (χ2v) is 7.48. The molecule has 0 aliphatic carbocycles. The quantitative estimate of drug-likeness (QED) is 0.827. The molecule has 1 N–H and O–H groups in total. The maximum absolute atomic E-state index is 13.7. The molecule has 0 aliphatic rings. The Kier molecular flexibility index (Phi) is 6.09. The average Bonchev–Trinajstić information content (AvgIpc) is 2.25. The Bertz CT molecular complexity index is 555. The maximum atomic E-state index is 13.7. The molecule has 2 atom stereocenters. The van der Waals surface area contributed by atoms with E-state index in [2.05, 4.69) is 20.7 Å². The van der Waals surface area contributed by atoms with Gasteiger partial charge in [-0.1, -0.05) is 20.3 Å². The van der Waals surface area contributed by atoms with Crippen LogP contribution in [0.25, 0.3) is 0 Å². The fourth-order valence-corrected chi connectivity index (χ4v) is 4.35. The highest BCUT2D eigenvalue weighted by Crippen LogP contribution is 2.26. The van der Waals surface area contributed by atoms with Crippen molar-refractivity contribution in [1.29, 1.82) is 0 Å². The van der Waals surface area contributed by atoms with Crippen LogP contribution in [0.3, 0.4) is 0 Å². The summed E-state index contributed by atoms with van der Waals surface area (Å²) in [5.74, 6) is -1.59. The lowest BCUT2D eigenvalue weighted by atomic mass is 10.0. The Balaban J connectivity index is 3.01. The van der Waals surface area contributed by atoms with E-state index in [1.54, 1.807) is 6.92 Å². The fourth-order valence-electron chi connectivity index (χ4n) is 1.93. The molecule has 0 fully saturated rings. The Morgan fingerprint density at radius 3 is 2.40 bits per heavy atom. The van der Waals surface area contributed by atoms with Crippen molar-refractivity contribution < 1.29 is 17.2 Å². The van der Waals surface area contributed by atoms with E-state index in [0.717, 1.165) is 12.5 Å². The van der Waals surface area contributed by atoms with Crippen molar-refractivity contribution in [2.45, 2.75) is 44.6 Å². The van der Waals surface area contributed by atoms with Crippen LogP contribution in [0.2, 0.25) is 0 Å². The van der Waals surface area contributed by atoms with Crippen molar-refractivity contribution in [3.63, 3.8) is 0 Å². The summed E-state index contributed by atoms with van der Waals surface area (Å²) in [4.78, 5) is -0.560. The standard InChI is InChI=1S/C13H18BrF2NO2S/c1-4-8(2)5-9(3)17-20(18,19)13-11(14)6-10(15)7-12(13)16/h6-9,17H,4-5H2,1-3H3. The number of halogens is 3. The predicted molar refractivity (Wildman–Crippen MR) is 77.9 cm³/mol. The molecule has 0 heterocycles. The van der Waals surface area contributed by atoms with Crippen LogP contribution in [0, 0.1) is 17.6 Å². The molecule has 1 aromatic rings. The molecule has 0 radical (unpaired) electrons. The lowest BCUT2D eigenvalue weighted by Crippen LogP contribution is -2.34. The molecule has 114 valence electrons. The van der Waals surface area contributed by atoms with Crippen molar-refractivity contribution in [2.75, 3.05) is 0 Å². The van der Waals surface area contributed by atoms with Gasteiger partial charge in [-0.3, -0.25) is 0 Å². The molecular formula is C13H18BrF2NO2S. The van der Waals surface area contributed by atoms with E-state index in [4.69, 9.17) is 0 Å². The lowest BCUT2D eigenvalue weighted by molar-refractivity contribution is 0.444. The monoisotopic (exact) mass is 369 g/mol. The smallest absolute Gasteiger partial charge is 0.208 e. The average molecular weight is 370 g/mol. The van der Waals surface area contributed by atoms with Gasteiger partial charge >= 0.3 is 0 Å². The van der Waals surface area contributed by atoms with Crippen molar-refractivity contribution in [3.8, 4) is 0 Å². The second kappa shape index (κ2) is 6.95. The van der Waals surface area contributed by atoms with Crippen LogP contribution in [0.4, 0.5) is 8.78 Å². The summed E-state index contributed by atoms with van der Waals surface area (Å²) in [7, 11) is -4.03. The first-order valence-corrected chi connectivity index (χ1v) is 8.61. The van der Waals surface area contributed by atoms with Crippen LogP contribution in [0.1, 0.15) is 33.6 Å². The van der Waals surface area contributed by atoms with Gasteiger partial charge < -0.3 is 0 Å². The molecule has 0 saturated heterocycles. The molecule has 2 unspecified atom stereocenters. The molecule has 1 rings (SSSR count). The second-order valence-electron chi connectivity index (χ2n) is 4.97. The van der Waals surface area contributed by atoms with Gasteiger partial charge in [0.25, 0.3) is 0 Å². The van der Waals surface area contributed by atoms with Gasteiger partial charge in [0.15, 0.2) is 0 Å². The Morgan fingerprint density at radius 1 is 1.30 bits per heavy atom. The molecule has 1 aromatic carbocycles. The fraction of sp³-hybridized carbons (Fsp3) is 0.538. The van der Waals surface area contributed by atoms with Crippen LogP contribution >= 0.6 is 15.9 Å². The first-order chi connectivity index (χ1) is 9.17. The van der Waals surface area contributed by atoms with Gasteiger partial charge in [-0.25, -0.2) is 21.9 Å². The van der Waals surface area contributed by atoms with E-state index in [1.807, 2.05) is 13.8 Å². The minimum absolute atomic E-state index is 0.127. The summed E-state index contributed by atoms with van der Waals surface area (Å²) < 4.78 is 53.3. The topological polar surface area (TPSA) is 46.2 Å². The summed E-state index contributed by atoms with van der Waals surface area (Å²) in [6, 6.07) is 1.15. The summed E-state index contributed by atoms with van der Waals surface area (Å²) in [5.41, 5.74) is 0. The van der Waals surface area contributed by atoms with Crippen molar-refractivity contribution in [2.24, 2.45) is 5.92 Å². The molecule has 20 heavy (non-hydrogen) atoms. The van der Waals surface area contributed by atoms with Gasteiger partial charge in [-0.15, -0.1) is 0 Å². The molecule has 7 heteroatoms. The van der Waals surface area contributed by atoms with Crippen LogP contribution in [0.5, 0.6) is 0 Å². The molecule has 0 aliphatic heterocycles. The van der Waals surface area contributed by atoms with E-state index in [0.29, 0.717) is 18.4 Å². The summed E-state index contributed by atoms with van der Waals surface area (Å²) in [6.45, 7) is 5.75. The van der Waals surface area contributed by atoms with Gasteiger partial charge in [0.05, 0.1) is 0 Å². The largest absolute Gasteiger partial charge is 0.244 e. The first kappa shape index (κ1) is 17.5. The van der Waals surface area contributed by atoms with Gasteiger partial charge in [0.1, 0.15) is 16.5 Å². The minimum Gasteiger partial charge on any atom is -0.208 e. The summed E-state index contributed by atoms with van der Waals surface area (Å²) in [5, 5.41) is 0. The number of sulfonamides is 1. The molecule has 0 amide bonds. The van der Waals surface area contributed by atoms with E-state index >= 15 is 0 Å². The minimum atomic E-state index is -4.03. The molecule has 0 aromatic heterocycles. The van der Waals surface area contributed by atoms with Crippen LogP contribution in [-0.2, 0) is 10.0 Å². The van der Waals surface area contributed by atoms with E-state index in [-0.39, 0.29) is 10.5 Å². The number of nitrogens with one attached hydrogen (secondary N) is 1. The Morgan fingerprint density at radius 2 is 1.90 bits per heavy atom. The molecule has 0 saturated carbocycles. The SMILES string of the molecule is CCC(C)CC(C)NS(=O)(=O)c1c(F)cc(F)cc1Br. The molecule has 0 spiro atoms. The third kappa shape index (κ3) is 4.49. The summed E-state index contributed by atoms with van der Waals surface area (Å²) in [6.07, 6.45) is 1.58. The lowest BCUT2D eigenvalue weighted by Gasteiger charge is -2.18. The van der Waals surface area contributed by atoms with Gasteiger partial charge in [0, 0.05) is 16.6 Å². The maximum Gasteiger partial charge on any atom is 0.244 e. The Labute approximate surface area is 126 Å². The van der Waals surface area contributed by atoms with Crippen molar-refractivity contribution >= 4 is 26.0 Å². The predicted octanol–water partition coefficient (Wildman–Crippen LogP) is 3.83. The first-order valence-electron chi connectivity index (χ1n) is 6.34. The zero-order valence-corrected chi connectivity index (χ0v) is 14.0. The third-order valence-corrected chi connectivity index (χ3v) is 5.59. The van der Waals surface area contributed by atoms with Gasteiger partial charge in [0.2, 0.25) is 10.0 Å². The van der Waals surface area contributed by atoms with E-state index < -0.39 is 26.6 Å². The highest BCUT2D eigenvalue weighted by atomic mass is 79.9. The Hall–Kier alpha value is -0.530. The van der Waals surface area contributed by atoms with Gasteiger partial charge in [-0.05, 0) is 41.3 Å². The number of hydrogen-bond acceptors (Lipinski definition) is 2. The van der Waals surface area contributed by atoms with Crippen molar-refractivity contribution in [3.05, 3.63) is 28.2 Å². The highest BCUT2D eigenvalue weighted by molar-refractivity contribution is 9.10. The molecule has 0 bridgehead atoms. The number of hydrogen-bond donors (Lipinski definition) is 1. The van der Waals surface area contributed by atoms with Crippen LogP contribution in [-0.4, -0.2) is 14.5 Å². The zero-order chi connectivity index (χ0) is 15.5. The molecular weight excluding hydrogens is 352 g/mol. The highest BCUT2D eigenvalue weighted by Gasteiger charge is 2.25. The normalized spacial score (nSPS) is 15.1. The molecule has 3 nitrogen and oxygen atoms in total. The zero-order valence-electron chi connectivity index (χ0n) is 11.6. The number of rotatable bonds is 6. The van der Waals surface area contributed by atoms with Crippen LogP contribution in [0.15, 0.2) is 21.5 Å². The van der Waals surface area contributed by atoms with E-state index in [9.17, 15) is 17.2 Å². The number of benzene rings is 1. The summed E-state index contributed by atoms with van der Waals surface area (Å²) >= 11 is 2.89. The van der Waals surface area contributed by atoms with Crippen LogP contribution < -0.4 is 4.72 Å². The van der Waals surface area contributed by atoms with E-state index in [1.165, 1.54) is 0 Å². The van der Waals surface area contributed by atoms with Crippen molar-refractivity contribution in [1.82, 2.24) is 4.72 Å². The third-order valence-electron chi connectivity index (χ3n) is 3.04.